The Morgan fingerprint density at radius 3 is 2.80 bits per heavy atom. The van der Waals surface area contributed by atoms with Crippen LogP contribution in [0.2, 0.25) is 0 Å². The van der Waals surface area contributed by atoms with Gasteiger partial charge in [-0.05, 0) is 26.0 Å². The van der Waals surface area contributed by atoms with Crippen molar-refractivity contribution in [2.75, 3.05) is 17.7 Å². The van der Waals surface area contributed by atoms with Crippen molar-refractivity contribution in [2.45, 2.75) is 25.8 Å². The molecule has 1 unspecified atom stereocenters. The smallest absolute Gasteiger partial charge is 0.326 e. The molecule has 0 bridgehead atoms. The highest BCUT2D eigenvalue weighted by Crippen LogP contribution is 2.41. The van der Waals surface area contributed by atoms with Gasteiger partial charge >= 0.3 is 5.97 Å². The predicted molar refractivity (Wildman–Crippen MR) is 106 cm³/mol. The first-order valence-electron chi connectivity index (χ1n) is 9.28. The Morgan fingerprint density at radius 1 is 1.30 bits per heavy atom. The standard InChI is InChI=1S/C20H19FN6O3/c1-3-30-19(29)20(2)14-15(22)23-16(24-17(14)25-18(20)28)13-8-9-27(26-13)10-11-6-4-5-7-12(11)21/h4-9H,3,10H2,1-2H3,(H3,22,23,24,25,28). The minimum absolute atomic E-state index is 0.0208. The number of ether oxygens (including phenoxy) is 1. The van der Waals surface area contributed by atoms with E-state index in [0.29, 0.717) is 11.3 Å². The van der Waals surface area contributed by atoms with Crippen LogP contribution < -0.4 is 11.1 Å². The number of nitrogens with one attached hydrogen (secondary N) is 1. The van der Waals surface area contributed by atoms with Crippen molar-refractivity contribution in [1.29, 1.82) is 0 Å². The third-order valence-electron chi connectivity index (χ3n) is 4.97. The van der Waals surface area contributed by atoms with Gasteiger partial charge in [-0.3, -0.25) is 14.3 Å². The van der Waals surface area contributed by atoms with Gasteiger partial charge in [0.25, 0.3) is 0 Å². The summed E-state index contributed by atoms with van der Waals surface area (Å²) in [5, 5.41) is 6.95. The molecule has 0 spiro atoms. The van der Waals surface area contributed by atoms with E-state index in [1.165, 1.54) is 13.0 Å². The molecule has 0 saturated heterocycles. The molecular formula is C20H19FN6O3. The summed E-state index contributed by atoms with van der Waals surface area (Å²) in [5.41, 5.74) is 5.52. The van der Waals surface area contributed by atoms with Gasteiger partial charge < -0.3 is 15.8 Å². The van der Waals surface area contributed by atoms with E-state index in [4.69, 9.17) is 10.5 Å². The molecule has 1 aromatic carbocycles. The van der Waals surface area contributed by atoms with Gasteiger partial charge in [-0.2, -0.15) is 5.10 Å². The summed E-state index contributed by atoms with van der Waals surface area (Å²) >= 11 is 0. The molecule has 3 heterocycles. The minimum atomic E-state index is -1.63. The van der Waals surface area contributed by atoms with Crippen LogP contribution in [0, 0.1) is 5.82 Å². The summed E-state index contributed by atoms with van der Waals surface area (Å²) in [5.74, 6) is -1.34. The topological polar surface area (TPSA) is 125 Å². The van der Waals surface area contributed by atoms with Gasteiger partial charge in [-0.1, -0.05) is 18.2 Å². The number of hydrogen-bond donors (Lipinski definition) is 2. The maximum Gasteiger partial charge on any atom is 0.326 e. The summed E-state index contributed by atoms with van der Waals surface area (Å²) in [6, 6.07) is 8.08. The largest absolute Gasteiger partial charge is 0.465 e. The fourth-order valence-corrected chi connectivity index (χ4v) is 3.36. The first kappa shape index (κ1) is 19.5. The van der Waals surface area contributed by atoms with Crippen molar-refractivity contribution in [3.8, 4) is 11.5 Å². The van der Waals surface area contributed by atoms with E-state index >= 15 is 0 Å². The zero-order chi connectivity index (χ0) is 21.5. The predicted octanol–water partition coefficient (Wildman–Crippen LogP) is 1.88. The SMILES string of the molecule is CCOC(=O)C1(C)C(=O)Nc2nc(-c3ccn(Cc4ccccc4F)n3)nc(N)c21. The molecule has 1 aliphatic heterocycles. The fourth-order valence-electron chi connectivity index (χ4n) is 3.36. The zero-order valence-electron chi connectivity index (χ0n) is 16.3. The molecule has 0 radical (unpaired) electrons. The molecule has 3 aromatic rings. The van der Waals surface area contributed by atoms with Crippen LogP contribution in [-0.4, -0.2) is 38.2 Å². The Balaban J connectivity index is 1.67. The van der Waals surface area contributed by atoms with Crippen LogP contribution in [0.3, 0.4) is 0 Å². The zero-order valence-corrected chi connectivity index (χ0v) is 16.3. The number of carbonyl (C=O) groups excluding carboxylic acids is 2. The van der Waals surface area contributed by atoms with E-state index in [0.717, 1.165) is 0 Å². The molecule has 154 valence electrons. The number of amides is 1. The Kier molecular flexibility index (Phi) is 4.69. The van der Waals surface area contributed by atoms with E-state index < -0.39 is 17.3 Å². The monoisotopic (exact) mass is 410 g/mol. The summed E-state index contributed by atoms with van der Waals surface area (Å²) in [4.78, 5) is 33.5. The number of esters is 1. The number of benzene rings is 1. The lowest BCUT2D eigenvalue weighted by atomic mass is 9.84. The van der Waals surface area contributed by atoms with Crippen molar-refractivity contribution in [3.05, 3.63) is 53.5 Å². The highest BCUT2D eigenvalue weighted by Gasteiger charge is 2.53. The van der Waals surface area contributed by atoms with Crippen LogP contribution in [0.1, 0.15) is 25.0 Å². The van der Waals surface area contributed by atoms with Crippen LogP contribution in [0.4, 0.5) is 16.0 Å². The molecule has 0 fully saturated rings. The first-order valence-corrected chi connectivity index (χ1v) is 9.28. The van der Waals surface area contributed by atoms with E-state index in [9.17, 15) is 14.0 Å². The number of carbonyl (C=O) groups is 2. The van der Waals surface area contributed by atoms with Crippen molar-refractivity contribution >= 4 is 23.5 Å². The Morgan fingerprint density at radius 2 is 2.07 bits per heavy atom. The maximum atomic E-state index is 13.9. The summed E-state index contributed by atoms with van der Waals surface area (Å²) in [6.07, 6.45) is 1.66. The second-order valence-electron chi connectivity index (χ2n) is 6.95. The van der Waals surface area contributed by atoms with E-state index in [1.807, 2.05) is 0 Å². The molecule has 0 aliphatic carbocycles. The third-order valence-corrected chi connectivity index (χ3v) is 4.97. The van der Waals surface area contributed by atoms with Crippen molar-refractivity contribution < 1.29 is 18.7 Å². The van der Waals surface area contributed by atoms with Crippen molar-refractivity contribution in [1.82, 2.24) is 19.7 Å². The normalized spacial score (nSPS) is 17.5. The number of aromatic nitrogens is 4. The molecule has 10 heteroatoms. The molecule has 9 nitrogen and oxygen atoms in total. The van der Waals surface area contributed by atoms with E-state index in [-0.39, 0.29) is 42.0 Å². The van der Waals surface area contributed by atoms with Gasteiger partial charge in [0.1, 0.15) is 23.1 Å². The van der Waals surface area contributed by atoms with Gasteiger partial charge in [0, 0.05) is 11.8 Å². The van der Waals surface area contributed by atoms with Gasteiger partial charge in [0.2, 0.25) is 5.91 Å². The lowest BCUT2D eigenvalue weighted by molar-refractivity contribution is -0.152. The first-order chi connectivity index (χ1) is 14.3. The molecular weight excluding hydrogens is 391 g/mol. The van der Waals surface area contributed by atoms with Gasteiger partial charge in [0.05, 0.1) is 18.7 Å². The van der Waals surface area contributed by atoms with Crippen LogP contribution in [-0.2, 0) is 26.3 Å². The van der Waals surface area contributed by atoms with Gasteiger partial charge in [-0.15, -0.1) is 0 Å². The molecule has 2 aromatic heterocycles. The molecule has 4 rings (SSSR count). The number of nitrogens with two attached hydrogens (primary N) is 1. The second kappa shape index (κ2) is 7.21. The highest BCUT2D eigenvalue weighted by molar-refractivity contribution is 6.19. The third kappa shape index (κ3) is 3.06. The van der Waals surface area contributed by atoms with Crippen LogP contribution in [0.15, 0.2) is 36.5 Å². The number of rotatable bonds is 5. The average Bonchev–Trinajstić information content (AvgIpc) is 3.27. The molecule has 1 atom stereocenters. The maximum absolute atomic E-state index is 13.9. The van der Waals surface area contributed by atoms with Crippen molar-refractivity contribution in [2.24, 2.45) is 0 Å². The van der Waals surface area contributed by atoms with E-state index in [2.05, 4.69) is 20.4 Å². The Labute approximate surface area is 171 Å². The summed E-state index contributed by atoms with van der Waals surface area (Å²) in [7, 11) is 0. The number of nitrogens with zero attached hydrogens (tertiary/aromatic N) is 4. The molecule has 30 heavy (non-hydrogen) atoms. The molecule has 1 aliphatic rings. The molecule has 0 saturated carbocycles. The number of hydrogen-bond acceptors (Lipinski definition) is 7. The quantitative estimate of drug-likeness (QED) is 0.486. The minimum Gasteiger partial charge on any atom is -0.465 e. The number of anilines is 2. The fraction of sp³-hybridized carbons (Fsp3) is 0.250. The number of fused-ring (bicyclic) bond motifs is 1. The molecule has 1 amide bonds. The van der Waals surface area contributed by atoms with Crippen LogP contribution in [0.5, 0.6) is 0 Å². The van der Waals surface area contributed by atoms with Gasteiger partial charge in [0.15, 0.2) is 11.2 Å². The lowest BCUT2D eigenvalue weighted by Gasteiger charge is -2.20. The van der Waals surface area contributed by atoms with Crippen molar-refractivity contribution in [3.63, 3.8) is 0 Å². The Bertz CT molecular complexity index is 1160. The van der Waals surface area contributed by atoms with Crippen LogP contribution in [0.25, 0.3) is 11.5 Å². The summed E-state index contributed by atoms with van der Waals surface area (Å²) in [6.45, 7) is 3.42. The van der Waals surface area contributed by atoms with Gasteiger partial charge in [-0.25, -0.2) is 14.4 Å². The highest BCUT2D eigenvalue weighted by atomic mass is 19.1. The average molecular weight is 410 g/mol. The summed E-state index contributed by atoms with van der Waals surface area (Å²) < 4.78 is 20.5. The number of nitrogen functional groups attached to an aromatic ring is 1. The second-order valence-corrected chi connectivity index (χ2v) is 6.95. The Hall–Kier alpha value is -3.82. The lowest BCUT2D eigenvalue weighted by Crippen LogP contribution is -2.41. The van der Waals surface area contributed by atoms with Crippen LogP contribution >= 0.6 is 0 Å². The van der Waals surface area contributed by atoms with E-state index in [1.54, 1.807) is 42.1 Å². The molecule has 3 N–H and O–H groups in total. The number of halogens is 1.